The first-order chi connectivity index (χ1) is 9.10. The van der Waals surface area contributed by atoms with Gasteiger partial charge < -0.3 is 15.8 Å². The van der Waals surface area contributed by atoms with Crippen molar-refractivity contribution in [3.8, 4) is 5.75 Å². The summed E-state index contributed by atoms with van der Waals surface area (Å²) in [6, 6.07) is 11.9. The monoisotopic (exact) mass is 276 g/mol. The van der Waals surface area contributed by atoms with Gasteiger partial charge in [-0.05, 0) is 30.3 Å². The van der Waals surface area contributed by atoms with E-state index in [2.05, 4.69) is 5.32 Å². The smallest absolute Gasteiger partial charge is 0.255 e. The average molecular weight is 277 g/mol. The van der Waals surface area contributed by atoms with E-state index in [1.165, 1.54) is 0 Å². The minimum absolute atomic E-state index is 0.293. The second-order valence-corrected chi connectivity index (χ2v) is 4.36. The fraction of sp³-hybridized carbons (Fsp3) is 0.0714. The molecule has 2 aromatic rings. The van der Waals surface area contributed by atoms with Crippen LogP contribution < -0.4 is 15.8 Å². The first kappa shape index (κ1) is 13.2. The molecule has 2 rings (SSSR count). The Kier molecular flexibility index (Phi) is 3.92. The maximum absolute atomic E-state index is 12.1. The zero-order chi connectivity index (χ0) is 13.8. The highest BCUT2D eigenvalue weighted by molar-refractivity contribution is 6.31. The topological polar surface area (TPSA) is 64.3 Å². The van der Waals surface area contributed by atoms with Gasteiger partial charge in [-0.2, -0.15) is 0 Å². The highest BCUT2D eigenvalue weighted by Gasteiger charge is 2.10. The fourth-order valence-corrected chi connectivity index (χ4v) is 1.93. The number of carbonyl (C=O) groups excluding carboxylic acids is 1. The summed E-state index contributed by atoms with van der Waals surface area (Å²) in [5.41, 5.74) is 7.09. The number of para-hydroxylation sites is 2. The van der Waals surface area contributed by atoms with Gasteiger partial charge in [0.05, 0.1) is 12.8 Å². The molecule has 3 N–H and O–H groups in total. The summed E-state index contributed by atoms with van der Waals surface area (Å²) in [7, 11) is 1.54. The average Bonchev–Trinajstić information content (AvgIpc) is 2.38. The Morgan fingerprint density at radius 1 is 1.26 bits per heavy atom. The Bertz CT molecular complexity index is 594. The van der Waals surface area contributed by atoms with Crippen LogP contribution in [0.1, 0.15) is 10.4 Å². The van der Waals surface area contributed by atoms with Crippen molar-refractivity contribution in [3.63, 3.8) is 0 Å². The van der Waals surface area contributed by atoms with Crippen LogP contribution in [0.2, 0.25) is 5.02 Å². The zero-order valence-corrected chi connectivity index (χ0v) is 11.1. The molecule has 0 unspecified atom stereocenters. The normalized spacial score (nSPS) is 10.0. The standard InChI is InChI=1S/C14H13ClN2O2/c1-19-13-5-3-2-4-12(13)17-14(18)9-6-10(15)8-11(16)7-9/h2-8H,16H2,1H3,(H,17,18). The quantitative estimate of drug-likeness (QED) is 0.846. The molecule has 0 aliphatic rings. The number of benzene rings is 2. The van der Waals surface area contributed by atoms with Crippen LogP contribution in [0, 0.1) is 0 Å². The summed E-state index contributed by atoms with van der Waals surface area (Å²) in [5, 5.41) is 3.18. The van der Waals surface area contributed by atoms with Gasteiger partial charge in [-0.3, -0.25) is 4.79 Å². The van der Waals surface area contributed by atoms with Gasteiger partial charge in [-0.25, -0.2) is 0 Å². The maximum Gasteiger partial charge on any atom is 0.255 e. The second-order valence-electron chi connectivity index (χ2n) is 3.93. The van der Waals surface area contributed by atoms with E-state index in [1.54, 1.807) is 37.4 Å². The van der Waals surface area contributed by atoms with Gasteiger partial charge >= 0.3 is 0 Å². The number of halogens is 1. The largest absolute Gasteiger partial charge is 0.495 e. The van der Waals surface area contributed by atoms with Gasteiger partial charge in [-0.15, -0.1) is 0 Å². The number of nitrogens with two attached hydrogens (primary N) is 1. The third-order valence-corrected chi connectivity index (χ3v) is 2.76. The molecule has 0 saturated carbocycles. The Hall–Kier alpha value is -2.20. The van der Waals surface area contributed by atoms with Crippen LogP contribution >= 0.6 is 11.6 Å². The van der Waals surface area contributed by atoms with Gasteiger partial charge in [0.25, 0.3) is 5.91 Å². The molecule has 0 heterocycles. The lowest BCUT2D eigenvalue weighted by Gasteiger charge is -2.10. The lowest BCUT2D eigenvalue weighted by Crippen LogP contribution is -2.13. The summed E-state index contributed by atoms with van der Waals surface area (Å²) >= 11 is 5.87. The van der Waals surface area contributed by atoms with E-state index in [0.717, 1.165) is 0 Å². The molecule has 0 aliphatic carbocycles. The van der Waals surface area contributed by atoms with E-state index in [0.29, 0.717) is 27.7 Å². The molecule has 0 saturated heterocycles. The molecule has 4 nitrogen and oxygen atoms in total. The minimum Gasteiger partial charge on any atom is -0.495 e. The highest BCUT2D eigenvalue weighted by atomic mass is 35.5. The van der Waals surface area contributed by atoms with Crippen LogP contribution in [0.3, 0.4) is 0 Å². The minimum atomic E-state index is -0.293. The van der Waals surface area contributed by atoms with E-state index >= 15 is 0 Å². The zero-order valence-electron chi connectivity index (χ0n) is 10.3. The predicted molar refractivity (Wildman–Crippen MR) is 76.8 cm³/mol. The summed E-state index contributed by atoms with van der Waals surface area (Å²) in [5.74, 6) is 0.296. The molecule has 0 radical (unpaired) electrons. The molecule has 2 aromatic carbocycles. The number of anilines is 2. The van der Waals surface area contributed by atoms with E-state index in [1.807, 2.05) is 12.1 Å². The Morgan fingerprint density at radius 2 is 2.00 bits per heavy atom. The van der Waals surface area contributed by atoms with Crippen molar-refractivity contribution in [2.24, 2.45) is 0 Å². The Morgan fingerprint density at radius 3 is 2.68 bits per heavy atom. The van der Waals surface area contributed by atoms with Crippen molar-refractivity contribution < 1.29 is 9.53 Å². The number of rotatable bonds is 3. The van der Waals surface area contributed by atoms with Crippen molar-refractivity contribution in [3.05, 3.63) is 53.1 Å². The molecule has 1 amide bonds. The lowest BCUT2D eigenvalue weighted by molar-refractivity contribution is 0.102. The van der Waals surface area contributed by atoms with Crippen LogP contribution in [0.5, 0.6) is 5.75 Å². The molecule has 19 heavy (non-hydrogen) atoms. The fourth-order valence-electron chi connectivity index (χ4n) is 1.69. The van der Waals surface area contributed by atoms with Crippen LogP contribution in [-0.4, -0.2) is 13.0 Å². The van der Waals surface area contributed by atoms with Crippen molar-refractivity contribution >= 4 is 28.9 Å². The van der Waals surface area contributed by atoms with Crippen LogP contribution in [0.4, 0.5) is 11.4 Å². The van der Waals surface area contributed by atoms with Crippen molar-refractivity contribution in [1.82, 2.24) is 0 Å². The van der Waals surface area contributed by atoms with Crippen molar-refractivity contribution in [2.45, 2.75) is 0 Å². The molecule has 0 spiro atoms. The molecule has 0 fully saturated rings. The molecule has 0 atom stereocenters. The number of amides is 1. The molecule has 0 aliphatic heterocycles. The first-order valence-electron chi connectivity index (χ1n) is 5.60. The summed E-state index contributed by atoms with van der Waals surface area (Å²) < 4.78 is 5.16. The number of methoxy groups -OCH3 is 1. The third-order valence-electron chi connectivity index (χ3n) is 2.54. The maximum atomic E-state index is 12.1. The lowest BCUT2D eigenvalue weighted by atomic mass is 10.2. The summed E-state index contributed by atoms with van der Waals surface area (Å²) in [6.07, 6.45) is 0. The van der Waals surface area contributed by atoms with Gasteiger partial charge in [0.2, 0.25) is 0 Å². The third kappa shape index (κ3) is 3.17. The number of ether oxygens (including phenoxy) is 1. The number of hydrogen-bond acceptors (Lipinski definition) is 3. The van der Waals surface area contributed by atoms with E-state index in [4.69, 9.17) is 22.1 Å². The number of nitrogens with one attached hydrogen (secondary N) is 1. The first-order valence-corrected chi connectivity index (χ1v) is 5.98. The van der Waals surface area contributed by atoms with E-state index in [-0.39, 0.29) is 5.91 Å². The molecule has 0 bridgehead atoms. The molecule has 0 aromatic heterocycles. The van der Waals surface area contributed by atoms with E-state index in [9.17, 15) is 4.79 Å². The number of nitrogen functional groups attached to an aromatic ring is 1. The Labute approximate surface area is 116 Å². The number of hydrogen-bond donors (Lipinski definition) is 2. The second kappa shape index (κ2) is 5.63. The van der Waals surface area contributed by atoms with Gasteiger partial charge in [-0.1, -0.05) is 23.7 Å². The van der Waals surface area contributed by atoms with Crippen molar-refractivity contribution in [2.75, 3.05) is 18.2 Å². The van der Waals surface area contributed by atoms with Gasteiger partial charge in [0.15, 0.2) is 0 Å². The summed E-state index contributed by atoms with van der Waals surface area (Å²) in [6.45, 7) is 0. The Balaban J connectivity index is 2.25. The van der Waals surface area contributed by atoms with Crippen molar-refractivity contribution in [1.29, 1.82) is 0 Å². The number of carbonyl (C=O) groups is 1. The van der Waals surface area contributed by atoms with Crippen LogP contribution in [0.25, 0.3) is 0 Å². The van der Waals surface area contributed by atoms with Gasteiger partial charge in [0, 0.05) is 16.3 Å². The predicted octanol–water partition coefficient (Wildman–Crippen LogP) is 3.18. The SMILES string of the molecule is COc1ccccc1NC(=O)c1cc(N)cc(Cl)c1. The van der Waals surface area contributed by atoms with Crippen LogP contribution in [0.15, 0.2) is 42.5 Å². The summed E-state index contributed by atoms with van der Waals surface area (Å²) in [4.78, 5) is 12.1. The van der Waals surface area contributed by atoms with E-state index < -0.39 is 0 Å². The molecule has 98 valence electrons. The molecular formula is C14H13ClN2O2. The molecule has 5 heteroatoms. The van der Waals surface area contributed by atoms with Crippen LogP contribution in [-0.2, 0) is 0 Å². The van der Waals surface area contributed by atoms with Gasteiger partial charge in [0.1, 0.15) is 5.75 Å². The highest BCUT2D eigenvalue weighted by Crippen LogP contribution is 2.24. The molecular weight excluding hydrogens is 264 g/mol.